The van der Waals surface area contributed by atoms with Crippen molar-refractivity contribution in [3.63, 3.8) is 0 Å². The maximum absolute atomic E-state index is 11.6. The van der Waals surface area contributed by atoms with Crippen LogP contribution in [0.15, 0.2) is 0 Å². The first-order valence-electron chi connectivity index (χ1n) is 4.58. The Morgan fingerprint density at radius 1 is 1.43 bits per heavy atom. The second-order valence-electron chi connectivity index (χ2n) is 4.42. The summed E-state index contributed by atoms with van der Waals surface area (Å²) in [5.74, 6) is 0. The number of hydrogen-bond acceptors (Lipinski definition) is 3. The van der Waals surface area contributed by atoms with Gasteiger partial charge in [-0.15, -0.1) is 0 Å². The van der Waals surface area contributed by atoms with Crippen LogP contribution < -0.4 is 10.5 Å². The average molecular weight is 223 g/mol. The number of nitrogens with one attached hydrogen (secondary N) is 1. The maximum atomic E-state index is 11.6. The Balaban J connectivity index is 4.37. The minimum absolute atomic E-state index is 0.0617. The molecule has 0 aliphatic heterocycles. The highest BCUT2D eigenvalue weighted by atomic mass is 32.2. The summed E-state index contributed by atoms with van der Waals surface area (Å²) in [5.41, 5.74) is 5.14. The molecule has 0 atom stereocenters. The normalized spacial score (nSPS) is 14.0. The summed E-state index contributed by atoms with van der Waals surface area (Å²) >= 11 is 0. The van der Waals surface area contributed by atoms with Crippen LogP contribution in [0.3, 0.4) is 0 Å². The third-order valence-corrected chi connectivity index (χ3v) is 3.51. The molecule has 0 rings (SSSR count). The molecule has 86 valence electrons. The van der Waals surface area contributed by atoms with Gasteiger partial charge in [0.1, 0.15) is 0 Å². The summed E-state index contributed by atoms with van der Waals surface area (Å²) in [6, 6.07) is -0.0617. The van der Waals surface area contributed by atoms with Crippen LogP contribution in [0.2, 0.25) is 0 Å². The number of nitrogens with two attached hydrogens (primary N) is 1. The lowest BCUT2D eigenvalue weighted by molar-refractivity contribution is 0.394. The molecule has 0 bridgehead atoms. The van der Waals surface area contributed by atoms with E-state index in [0.717, 1.165) is 0 Å². The fourth-order valence-corrected chi connectivity index (χ4v) is 1.97. The van der Waals surface area contributed by atoms with E-state index in [4.69, 9.17) is 5.73 Å². The molecule has 0 heterocycles. The Bertz CT molecular complexity index is 267. The lowest BCUT2D eigenvalue weighted by atomic mass is 10.1. The van der Waals surface area contributed by atoms with Gasteiger partial charge in [-0.25, -0.2) is 4.72 Å². The van der Waals surface area contributed by atoms with Crippen LogP contribution in [0, 0.1) is 0 Å². The summed E-state index contributed by atoms with van der Waals surface area (Å²) in [6.45, 7) is 7.39. The van der Waals surface area contributed by atoms with Gasteiger partial charge >= 0.3 is 0 Å². The van der Waals surface area contributed by atoms with Crippen LogP contribution in [0.25, 0.3) is 0 Å². The van der Waals surface area contributed by atoms with E-state index in [9.17, 15) is 8.42 Å². The smallest absolute Gasteiger partial charge is 0.279 e. The Morgan fingerprint density at radius 2 is 1.86 bits per heavy atom. The van der Waals surface area contributed by atoms with Crippen molar-refractivity contribution >= 4 is 10.2 Å². The molecular weight excluding hydrogens is 202 g/mol. The molecular formula is C8H21N3O2S. The molecule has 0 aliphatic rings. The van der Waals surface area contributed by atoms with E-state index in [1.54, 1.807) is 13.8 Å². The van der Waals surface area contributed by atoms with E-state index in [1.165, 1.54) is 11.4 Å². The van der Waals surface area contributed by atoms with Gasteiger partial charge in [0, 0.05) is 25.2 Å². The summed E-state index contributed by atoms with van der Waals surface area (Å²) in [4.78, 5) is 0. The monoisotopic (exact) mass is 223 g/mol. The fraction of sp³-hybridized carbons (Fsp3) is 1.00. The van der Waals surface area contributed by atoms with Crippen molar-refractivity contribution in [3.05, 3.63) is 0 Å². The maximum Gasteiger partial charge on any atom is 0.279 e. The molecule has 5 nitrogen and oxygen atoms in total. The number of hydrogen-bond donors (Lipinski definition) is 2. The van der Waals surface area contributed by atoms with Crippen molar-refractivity contribution in [3.8, 4) is 0 Å². The topological polar surface area (TPSA) is 75.4 Å². The lowest BCUT2D eigenvalue weighted by Gasteiger charge is -2.24. The van der Waals surface area contributed by atoms with E-state index in [-0.39, 0.29) is 12.6 Å². The SMILES string of the molecule is CC(C)N(C)S(=O)(=O)NCC(C)(C)N. The highest BCUT2D eigenvalue weighted by Crippen LogP contribution is 2.02. The molecule has 6 heteroatoms. The second kappa shape index (κ2) is 4.57. The molecule has 0 aromatic rings. The molecule has 0 aromatic carbocycles. The summed E-state index contributed by atoms with van der Waals surface area (Å²) in [6.07, 6.45) is 0. The van der Waals surface area contributed by atoms with Gasteiger partial charge in [0.15, 0.2) is 0 Å². The van der Waals surface area contributed by atoms with Crippen molar-refractivity contribution in [2.75, 3.05) is 13.6 Å². The first-order chi connectivity index (χ1) is 6.06. The standard InChI is InChI=1S/C8H21N3O2S/c1-7(2)11(5)14(12,13)10-6-8(3,4)9/h7,10H,6,9H2,1-5H3. The van der Waals surface area contributed by atoms with Gasteiger partial charge in [-0.05, 0) is 27.7 Å². The van der Waals surface area contributed by atoms with Crippen LogP contribution in [-0.2, 0) is 10.2 Å². The summed E-state index contributed by atoms with van der Waals surface area (Å²) in [5, 5.41) is 0. The highest BCUT2D eigenvalue weighted by Gasteiger charge is 2.22. The molecule has 0 amide bonds. The van der Waals surface area contributed by atoms with Crippen molar-refractivity contribution in [2.45, 2.75) is 39.3 Å². The van der Waals surface area contributed by atoms with Gasteiger partial charge in [0.05, 0.1) is 0 Å². The van der Waals surface area contributed by atoms with E-state index in [0.29, 0.717) is 0 Å². The van der Waals surface area contributed by atoms with Gasteiger partial charge in [0.2, 0.25) is 0 Å². The molecule has 0 spiro atoms. The van der Waals surface area contributed by atoms with Crippen LogP contribution in [-0.4, -0.2) is 37.9 Å². The lowest BCUT2D eigenvalue weighted by Crippen LogP contribution is -2.50. The van der Waals surface area contributed by atoms with Crippen molar-refractivity contribution < 1.29 is 8.42 Å². The molecule has 3 N–H and O–H groups in total. The molecule has 0 unspecified atom stereocenters. The highest BCUT2D eigenvalue weighted by molar-refractivity contribution is 7.87. The van der Waals surface area contributed by atoms with Crippen molar-refractivity contribution in [1.29, 1.82) is 0 Å². The third-order valence-electron chi connectivity index (χ3n) is 1.82. The zero-order valence-corrected chi connectivity index (χ0v) is 10.4. The molecule has 14 heavy (non-hydrogen) atoms. The van der Waals surface area contributed by atoms with Crippen molar-refractivity contribution in [1.82, 2.24) is 9.03 Å². The van der Waals surface area contributed by atoms with Crippen LogP contribution in [0.4, 0.5) is 0 Å². The zero-order valence-electron chi connectivity index (χ0n) is 9.53. The number of rotatable bonds is 5. The van der Waals surface area contributed by atoms with Crippen LogP contribution in [0.5, 0.6) is 0 Å². The van der Waals surface area contributed by atoms with Crippen LogP contribution in [0.1, 0.15) is 27.7 Å². The van der Waals surface area contributed by atoms with Gasteiger partial charge in [-0.3, -0.25) is 0 Å². The van der Waals surface area contributed by atoms with E-state index in [1.807, 2.05) is 13.8 Å². The Morgan fingerprint density at radius 3 is 2.14 bits per heavy atom. The average Bonchev–Trinajstić information content (AvgIpc) is 1.98. The predicted octanol–water partition coefficient (Wildman–Crippen LogP) is -0.102. The van der Waals surface area contributed by atoms with Gasteiger partial charge < -0.3 is 5.73 Å². The molecule has 0 radical (unpaired) electrons. The largest absolute Gasteiger partial charge is 0.324 e. The van der Waals surface area contributed by atoms with E-state index >= 15 is 0 Å². The minimum Gasteiger partial charge on any atom is -0.324 e. The minimum atomic E-state index is -3.39. The first-order valence-corrected chi connectivity index (χ1v) is 6.02. The Labute approximate surface area is 86.8 Å². The van der Waals surface area contributed by atoms with E-state index < -0.39 is 15.7 Å². The molecule has 0 saturated carbocycles. The molecule has 0 aromatic heterocycles. The third kappa shape index (κ3) is 4.90. The van der Waals surface area contributed by atoms with Gasteiger partial charge in [-0.2, -0.15) is 12.7 Å². The number of nitrogens with zero attached hydrogens (tertiary/aromatic N) is 1. The molecule has 0 aliphatic carbocycles. The quantitative estimate of drug-likeness (QED) is 0.683. The Hall–Kier alpha value is -0.170. The second-order valence-corrected chi connectivity index (χ2v) is 6.24. The Kier molecular flexibility index (Phi) is 4.51. The summed E-state index contributed by atoms with van der Waals surface area (Å²) in [7, 11) is -1.85. The van der Waals surface area contributed by atoms with Gasteiger partial charge in [-0.1, -0.05) is 0 Å². The van der Waals surface area contributed by atoms with E-state index in [2.05, 4.69) is 4.72 Å². The molecule has 0 saturated heterocycles. The predicted molar refractivity (Wildman–Crippen MR) is 58.1 cm³/mol. The fourth-order valence-electron chi connectivity index (χ4n) is 0.657. The van der Waals surface area contributed by atoms with Crippen LogP contribution >= 0.6 is 0 Å². The first kappa shape index (κ1) is 13.8. The summed E-state index contributed by atoms with van der Waals surface area (Å²) < 4.78 is 26.9. The molecule has 0 fully saturated rings. The van der Waals surface area contributed by atoms with Gasteiger partial charge in [0.25, 0.3) is 10.2 Å². The zero-order chi connectivity index (χ0) is 11.6. The van der Waals surface area contributed by atoms with Crippen molar-refractivity contribution in [2.24, 2.45) is 5.73 Å².